The zero-order valence-electron chi connectivity index (χ0n) is 13.6. The van der Waals surface area contributed by atoms with Crippen molar-refractivity contribution in [2.45, 2.75) is 12.8 Å². The third kappa shape index (κ3) is 3.87. The summed E-state index contributed by atoms with van der Waals surface area (Å²) in [4.78, 5) is 0. The van der Waals surface area contributed by atoms with Gasteiger partial charge in [-0.15, -0.1) is 0 Å². The summed E-state index contributed by atoms with van der Waals surface area (Å²) in [7, 11) is 0. The molecule has 0 aliphatic carbocycles. The lowest BCUT2D eigenvalue weighted by atomic mass is 9.85. The number of hydrogen-bond donors (Lipinski definition) is 3. The predicted molar refractivity (Wildman–Crippen MR) is 102 cm³/mol. The Bertz CT molecular complexity index is 809. The second kappa shape index (κ2) is 7.09. The van der Waals surface area contributed by atoms with Crippen LogP contribution >= 0.6 is 0 Å². The summed E-state index contributed by atoms with van der Waals surface area (Å²) < 4.78 is 0. The molecule has 24 heavy (non-hydrogen) atoms. The van der Waals surface area contributed by atoms with E-state index in [0.29, 0.717) is 0 Å². The van der Waals surface area contributed by atoms with Gasteiger partial charge in [0.1, 0.15) is 0 Å². The lowest BCUT2D eigenvalue weighted by Gasteiger charge is -2.19. The number of hydrogen-bond acceptors (Lipinski definition) is 3. The summed E-state index contributed by atoms with van der Waals surface area (Å²) in [6, 6.07) is 24.0. The molecular weight excluding hydrogens is 294 g/mol. The Morgan fingerprint density at radius 1 is 0.625 bits per heavy atom. The average molecular weight is 316 g/mol. The van der Waals surface area contributed by atoms with Gasteiger partial charge in [0, 0.05) is 23.0 Å². The number of anilines is 3. The number of nitrogen functional groups attached to an aromatic ring is 3. The van der Waals surface area contributed by atoms with Crippen molar-refractivity contribution in [2.75, 3.05) is 17.2 Å². The number of nitrogens with two attached hydrogens (primary N) is 3. The fraction of sp³-hybridized carbons (Fsp3) is 0.0952. The smallest absolute Gasteiger partial charge is 0.0352 e. The summed E-state index contributed by atoms with van der Waals surface area (Å²) >= 11 is 0. The van der Waals surface area contributed by atoms with Gasteiger partial charge in [-0.3, -0.25) is 0 Å². The Morgan fingerprint density at radius 2 is 1.33 bits per heavy atom. The van der Waals surface area contributed by atoms with E-state index < -0.39 is 0 Å². The van der Waals surface area contributed by atoms with Gasteiger partial charge < -0.3 is 17.2 Å². The zero-order chi connectivity index (χ0) is 16.9. The maximum Gasteiger partial charge on any atom is 0.0352 e. The van der Waals surface area contributed by atoms with Gasteiger partial charge in [0.15, 0.2) is 0 Å². The van der Waals surface area contributed by atoms with Gasteiger partial charge in [-0.25, -0.2) is 0 Å². The molecule has 1 radical (unpaired) electrons. The first-order valence-corrected chi connectivity index (χ1v) is 8.00. The number of rotatable bonds is 5. The summed E-state index contributed by atoms with van der Waals surface area (Å²) in [5.74, 6) is 1.27. The Hall–Kier alpha value is -2.94. The quantitative estimate of drug-likeness (QED) is 0.626. The zero-order valence-corrected chi connectivity index (χ0v) is 13.6. The predicted octanol–water partition coefficient (Wildman–Crippen LogP) is 3.84. The van der Waals surface area contributed by atoms with Crippen molar-refractivity contribution in [2.24, 2.45) is 0 Å². The third-order valence-electron chi connectivity index (χ3n) is 4.11. The van der Waals surface area contributed by atoms with Crippen LogP contribution in [-0.4, -0.2) is 0 Å². The molecule has 0 heterocycles. The highest BCUT2D eigenvalue weighted by molar-refractivity contribution is 5.56. The van der Waals surface area contributed by atoms with Crippen LogP contribution in [0.2, 0.25) is 0 Å². The van der Waals surface area contributed by atoms with Crippen LogP contribution < -0.4 is 17.2 Å². The molecule has 0 aliphatic rings. The van der Waals surface area contributed by atoms with E-state index in [-0.39, 0.29) is 0 Å². The van der Waals surface area contributed by atoms with Crippen molar-refractivity contribution in [1.82, 2.24) is 0 Å². The molecule has 0 aliphatic heterocycles. The van der Waals surface area contributed by atoms with Crippen molar-refractivity contribution in [3.63, 3.8) is 0 Å². The van der Waals surface area contributed by atoms with Gasteiger partial charge in [-0.1, -0.05) is 42.5 Å². The Morgan fingerprint density at radius 3 is 2.04 bits per heavy atom. The molecule has 0 atom stereocenters. The van der Waals surface area contributed by atoms with Gasteiger partial charge >= 0.3 is 0 Å². The number of para-hydroxylation sites is 1. The molecular formula is C21H22N3. The normalized spacial score (nSPS) is 10.9. The minimum absolute atomic E-state index is 0.773. The lowest BCUT2D eigenvalue weighted by Crippen LogP contribution is -2.10. The fourth-order valence-electron chi connectivity index (χ4n) is 2.90. The van der Waals surface area contributed by atoms with Crippen molar-refractivity contribution in [1.29, 1.82) is 0 Å². The molecule has 0 aromatic heterocycles. The molecule has 3 nitrogen and oxygen atoms in total. The van der Waals surface area contributed by atoms with Crippen LogP contribution in [0, 0.1) is 5.92 Å². The molecule has 0 unspecified atom stereocenters. The number of benzene rings is 3. The van der Waals surface area contributed by atoms with Crippen LogP contribution in [0.15, 0.2) is 72.8 Å². The highest BCUT2D eigenvalue weighted by Crippen LogP contribution is 2.29. The first-order chi connectivity index (χ1) is 11.6. The molecule has 0 bridgehead atoms. The van der Waals surface area contributed by atoms with Crippen LogP contribution in [0.1, 0.15) is 16.7 Å². The third-order valence-corrected chi connectivity index (χ3v) is 4.11. The standard InChI is InChI=1S/C21H22N3/c22-18-10-8-15(9-11-18)12-17(20-6-1-2-7-21(20)24)13-16-4-3-5-19(23)14-16/h1-11,14H,12-13,22-24H2. The molecule has 0 fully saturated rings. The molecule has 3 aromatic carbocycles. The van der Waals surface area contributed by atoms with E-state index in [1.54, 1.807) is 0 Å². The monoisotopic (exact) mass is 316 g/mol. The van der Waals surface area contributed by atoms with Gasteiger partial charge in [-0.2, -0.15) is 0 Å². The van der Waals surface area contributed by atoms with E-state index >= 15 is 0 Å². The van der Waals surface area contributed by atoms with Gasteiger partial charge in [-0.05, 0) is 59.9 Å². The molecule has 6 N–H and O–H groups in total. The van der Waals surface area contributed by atoms with Crippen molar-refractivity contribution >= 4 is 17.1 Å². The molecule has 3 heteroatoms. The average Bonchev–Trinajstić information content (AvgIpc) is 2.57. The molecule has 121 valence electrons. The van der Waals surface area contributed by atoms with Crippen molar-refractivity contribution in [3.8, 4) is 0 Å². The van der Waals surface area contributed by atoms with E-state index in [1.807, 2.05) is 48.5 Å². The topological polar surface area (TPSA) is 78.1 Å². The Balaban J connectivity index is 1.91. The van der Waals surface area contributed by atoms with Gasteiger partial charge in [0.05, 0.1) is 0 Å². The lowest BCUT2D eigenvalue weighted by molar-refractivity contribution is 0.900. The molecule has 0 saturated heterocycles. The highest BCUT2D eigenvalue weighted by Gasteiger charge is 2.16. The van der Waals surface area contributed by atoms with E-state index in [0.717, 1.165) is 35.5 Å². The van der Waals surface area contributed by atoms with Crippen LogP contribution in [0.25, 0.3) is 0 Å². The van der Waals surface area contributed by atoms with E-state index in [2.05, 4.69) is 24.3 Å². The fourth-order valence-corrected chi connectivity index (χ4v) is 2.90. The minimum atomic E-state index is 0.773. The summed E-state index contributed by atoms with van der Waals surface area (Å²) in [5, 5.41) is 0. The second-order valence-electron chi connectivity index (χ2n) is 6.03. The largest absolute Gasteiger partial charge is 0.399 e. The highest BCUT2D eigenvalue weighted by atomic mass is 14.6. The van der Waals surface area contributed by atoms with Crippen molar-refractivity contribution < 1.29 is 0 Å². The van der Waals surface area contributed by atoms with Crippen molar-refractivity contribution in [3.05, 3.63) is 95.4 Å². The molecule has 3 aromatic rings. The first kappa shape index (κ1) is 15.9. The van der Waals surface area contributed by atoms with E-state index in [4.69, 9.17) is 17.2 Å². The second-order valence-corrected chi connectivity index (χ2v) is 6.03. The molecule has 0 saturated carbocycles. The SMILES string of the molecule is Nc1ccc(C[C](Cc2cccc(N)c2)c2ccccc2N)cc1. The molecule has 0 amide bonds. The summed E-state index contributed by atoms with van der Waals surface area (Å²) in [6.45, 7) is 0. The summed E-state index contributed by atoms with van der Waals surface area (Å²) in [6.07, 6.45) is 1.63. The molecule has 0 spiro atoms. The maximum atomic E-state index is 6.22. The maximum absolute atomic E-state index is 6.22. The van der Waals surface area contributed by atoms with E-state index in [1.165, 1.54) is 17.0 Å². The van der Waals surface area contributed by atoms with Crippen LogP contribution in [0.4, 0.5) is 17.1 Å². The van der Waals surface area contributed by atoms with Crippen LogP contribution in [0.5, 0.6) is 0 Å². The first-order valence-electron chi connectivity index (χ1n) is 8.00. The minimum Gasteiger partial charge on any atom is -0.399 e. The van der Waals surface area contributed by atoms with Gasteiger partial charge in [0.25, 0.3) is 0 Å². The van der Waals surface area contributed by atoms with Crippen LogP contribution in [-0.2, 0) is 12.8 Å². The Kier molecular flexibility index (Phi) is 4.71. The van der Waals surface area contributed by atoms with E-state index in [9.17, 15) is 0 Å². The summed E-state index contributed by atoms with van der Waals surface area (Å²) in [5.41, 5.74) is 23.8. The molecule has 3 rings (SSSR count). The van der Waals surface area contributed by atoms with Crippen LogP contribution in [0.3, 0.4) is 0 Å². The Labute approximate surface area is 143 Å². The van der Waals surface area contributed by atoms with Gasteiger partial charge in [0.2, 0.25) is 0 Å².